The summed E-state index contributed by atoms with van der Waals surface area (Å²) in [5.74, 6) is 1.25. The number of ether oxygens (including phenoxy) is 1. The Morgan fingerprint density at radius 2 is 1.94 bits per heavy atom. The third-order valence-electron chi connectivity index (χ3n) is 2.25. The Hall–Kier alpha value is -2.36. The fourth-order valence-electron chi connectivity index (χ4n) is 1.49. The van der Waals surface area contributed by atoms with E-state index in [2.05, 4.69) is 15.3 Å². The van der Waals surface area contributed by atoms with Crippen LogP contribution in [0, 0.1) is 0 Å². The normalized spacial score (nSPS) is 13.1. The molecule has 1 aliphatic rings. The zero-order valence-corrected chi connectivity index (χ0v) is 8.42. The van der Waals surface area contributed by atoms with Crippen molar-refractivity contribution in [3.05, 3.63) is 54.6 Å². The molecule has 3 rings (SSSR count). The molecule has 0 unspecified atom stereocenters. The van der Waals surface area contributed by atoms with Crippen LogP contribution >= 0.6 is 0 Å². The summed E-state index contributed by atoms with van der Waals surface area (Å²) in [6.07, 6.45) is 5.21. The molecule has 1 aliphatic heterocycles. The topological polar surface area (TPSA) is 47.0 Å². The zero-order chi connectivity index (χ0) is 10.8. The Balaban J connectivity index is 1.95. The van der Waals surface area contributed by atoms with Gasteiger partial charge in [-0.25, -0.2) is 4.98 Å². The standard InChI is InChI=1S/C12H9N3O/c1-2-6-13-9(4-1)11-8-15-10-5-3-7-14-12(10)16-11/h1-8,15H. The van der Waals surface area contributed by atoms with Gasteiger partial charge in [-0.15, -0.1) is 0 Å². The molecule has 0 atom stereocenters. The van der Waals surface area contributed by atoms with E-state index in [9.17, 15) is 0 Å². The molecular formula is C12H9N3O. The van der Waals surface area contributed by atoms with Crippen LogP contribution in [0.5, 0.6) is 5.88 Å². The van der Waals surface area contributed by atoms with Gasteiger partial charge in [-0.1, -0.05) is 6.07 Å². The van der Waals surface area contributed by atoms with E-state index in [4.69, 9.17) is 4.74 Å². The lowest BCUT2D eigenvalue weighted by atomic mass is 10.3. The maximum atomic E-state index is 5.64. The van der Waals surface area contributed by atoms with Crippen LogP contribution in [-0.4, -0.2) is 9.97 Å². The fraction of sp³-hybridized carbons (Fsp3) is 0. The minimum Gasteiger partial charge on any atom is -0.433 e. The molecule has 1 N–H and O–H groups in total. The van der Waals surface area contributed by atoms with Gasteiger partial charge in [0.1, 0.15) is 11.4 Å². The van der Waals surface area contributed by atoms with E-state index < -0.39 is 0 Å². The van der Waals surface area contributed by atoms with Crippen molar-refractivity contribution >= 4 is 11.4 Å². The molecule has 0 fully saturated rings. The molecule has 0 aromatic carbocycles. The van der Waals surface area contributed by atoms with Crippen LogP contribution in [0.3, 0.4) is 0 Å². The van der Waals surface area contributed by atoms with E-state index in [1.165, 1.54) is 0 Å². The van der Waals surface area contributed by atoms with Gasteiger partial charge in [-0.3, -0.25) is 4.98 Å². The van der Waals surface area contributed by atoms with Crippen LogP contribution in [0.15, 0.2) is 48.9 Å². The smallest absolute Gasteiger partial charge is 0.243 e. The molecule has 0 spiro atoms. The number of hydrogen-bond donors (Lipinski definition) is 1. The van der Waals surface area contributed by atoms with Crippen LogP contribution in [0.1, 0.15) is 5.69 Å². The summed E-state index contributed by atoms with van der Waals surface area (Å²) in [4.78, 5) is 8.36. The average molecular weight is 211 g/mol. The van der Waals surface area contributed by atoms with E-state index in [0.717, 1.165) is 11.4 Å². The van der Waals surface area contributed by atoms with Crippen LogP contribution < -0.4 is 10.1 Å². The average Bonchev–Trinajstić information content (AvgIpc) is 2.39. The van der Waals surface area contributed by atoms with Crippen LogP contribution in [-0.2, 0) is 0 Å². The first-order valence-corrected chi connectivity index (χ1v) is 4.94. The van der Waals surface area contributed by atoms with E-state index in [1.807, 2.05) is 30.3 Å². The number of fused-ring (bicyclic) bond motifs is 1. The maximum Gasteiger partial charge on any atom is 0.243 e. The molecule has 2 aromatic rings. The summed E-state index contributed by atoms with van der Waals surface area (Å²) < 4.78 is 5.64. The van der Waals surface area contributed by atoms with Crippen LogP contribution in [0.2, 0.25) is 0 Å². The highest BCUT2D eigenvalue weighted by atomic mass is 16.5. The number of nitrogens with zero attached hydrogens (tertiary/aromatic N) is 2. The third kappa shape index (κ3) is 1.50. The van der Waals surface area contributed by atoms with Gasteiger partial charge in [-0.05, 0) is 24.3 Å². The van der Waals surface area contributed by atoms with Crippen molar-refractivity contribution in [2.24, 2.45) is 0 Å². The highest BCUT2D eigenvalue weighted by molar-refractivity contribution is 5.69. The molecule has 0 saturated heterocycles. The Morgan fingerprint density at radius 1 is 1.00 bits per heavy atom. The molecule has 0 radical (unpaired) electrons. The largest absolute Gasteiger partial charge is 0.433 e. The van der Waals surface area contributed by atoms with Gasteiger partial charge in [0, 0.05) is 18.6 Å². The number of rotatable bonds is 1. The second-order valence-corrected chi connectivity index (χ2v) is 3.33. The third-order valence-corrected chi connectivity index (χ3v) is 2.25. The summed E-state index contributed by atoms with van der Waals surface area (Å²) >= 11 is 0. The number of pyridine rings is 2. The summed E-state index contributed by atoms with van der Waals surface area (Å²) in [7, 11) is 0. The molecule has 78 valence electrons. The zero-order valence-electron chi connectivity index (χ0n) is 8.42. The monoisotopic (exact) mass is 211 g/mol. The molecule has 16 heavy (non-hydrogen) atoms. The van der Waals surface area contributed by atoms with Crippen molar-refractivity contribution in [1.82, 2.24) is 9.97 Å². The van der Waals surface area contributed by atoms with E-state index in [0.29, 0.717) is 11.6 Å². The van der Waals surface area contributed by atoms with Crippen molar-refractivity contribution in [3.8, 4) is 5.88 Å². The van der Waals surface area contributed by atoms with E-state index >= 15 is 0 Å². The van der Waals surface area contributed by atoms with Crippen molar-refractivity contribution in [3.63, 3.8) is 0 Å². The molecular weight excluding hydrogens is 202 g/mol. The predicted molar refractivity (Wildman–Crippen MR) is 60.7 cm³/mol. The summed E-state index contributed by atoms with van der Waals surface area (Å²) in [5.41, 5.74) is 1.65. The number of aromatic nitrogens is 2. The van der Waals surface area contributed by atoms with Crippen LogP contribution in [0.4, 0.5) is 5.69 Å². The minimum absolute atomic E-state index is 0.575. The molecule has 2 aromatic heterocycles. The number of nitrogens with one attached hydrogen (secondary N) is 1. The number of hydrogen-bond acceptors (Lipinski definition) is 4. The Morgan fingerprint density at radius 3 is 2.81 bits per heavy atom. The Bertz CT molecular complexity index is 537. The molecule has 4 heteroatoms. The fourth-order valence-corrected chi connectivity index (χ4v) is 1.49. The van der Waals surface area contributed by atoms with Crippen LogP contribution in [0.25, 0.3) is 5.76 Å². The molecule has 0 bridgehead atoms. The van der Waals surface area contributed by atoms with Crippen molar-refractivity contribution in [1.29, 1.82) is 0 Å². The maximum absolute atomic E-state index is 5.64. The van der Waals surface area contributed by atoms with Crippen molar-refractivity contribution < 1.29 is 4.74 Å². The first kappa shape index (κ1) is 8.91. The first-order chi connectivity index (χ1) is 7.93. The van der Waals surface area contributed by atoms with E-state index in [-0.39, 0.29) is 0 Å². The SMILES string of the molecule is C1=C(c2ccccn2)Oc2ncccc2N1. The molecule has 0 saturated carbocycles. The van der Waals surface area contributed by atoms with Crippen molar-refractivity contribution in [2.75, 3.05) is 5.32 Å². The lowest BCUT2D eigenvalue weighted by molar-refractivity contribution is 0.487. The quantitative estimate of drug-likeness (QED) is 0.786. The van der Waals surface area contributed by atoms with Gasteiger partial charge in [0.25, 0.3) is 0 Å². The molecule has 4 nitrogen and oxygen atoms in total. The molecule has 0 aliphatic carbocycles. The van der Waals surface area contributed by atoms with Gasteiger partial charge in [0.2, 0.25) is 5.88 Å². The number of anilines is 1. The van der Waals surface area contributed by atoms with Gasteiger partial charge in [-0.2, -0.15) is 0 Å². The van der Waals surface area contributed by atoms with Crippen molar-refractivity contribution in [2.45, 2.75) is 0 Å². The highest BCUT2D eigenvalue weighted by Crippen LogP contribution is 2.29. The minimum atomic E-state index is 0.575. The van der Waals surface area contributed by atoms with Gasteiger partial charge in [0.05, 0.1) is 0 Å². The van der Waals surface area contributed by atoms with Gasteiger partial charge < -0.3 is 10.1 Å². The van der Waals surface area contributed by atoms with Gasteiger partial charge >= 0.3 is 0 Å². The second kappa shape index (κ2) is 3.66. The summed E-state index contributed by atoms with van der Waals surface area (Å²) in [6.45, 7) is 0. The van der Waals surface area contributed by atoms with Gasteiger partial charge in [0.15, 0.2) is 5.76 Å². The Kier molecular flexibility index (Phi) is 2.04. The predicted octanol–water partition coefficient (Wildman–Crippen LogP) is 2.28. The first-order valence-electron chi connectivity index (χ1n) is 4.94. The second-order valence-electron chi connectivity index (χ2n) is 3.33. The summed E-state index contributed by atoms with van der Waals surface area (Å²) in [5, 5.41) is 3.12. The lowest BCUT2D eigenvalue weighted by Crippen LogP contribution is -2.08. The van der Waals surface area contributed by atoms with E-state index in [1.54, 1.807) is 18.6 Å². The Labute approximate surface area is 92.6 Å². The summed E-state index contributed by atoms with van der Waals surface area (Å²) in [6, 6.07) is 9.44. The molecule has 0 amide bonds. The lowest BCUT2D eigenvalue weighted by Gasteiger charge is -2.17. The highest BCUT2D eigenvalue weighted by Gasteiger charge is 2.14. The molecule has 3 heterocycles.